The molecule has 4 aromatic carbocycles. The predicted octanol–water partition coefficient (Wildman–Crippen LogP) is 6.88. The second kappa shape index (κ2) is 15.9. The lowest BCUT2D eigenvalue weighted by molar-refractivity contribution is -0.140. The van der Waals surface area contributed by atoms with Crippen LogP contribution in [0.2, 0.25) is 10.0 Å². The smallest absolute Gasteiger partial charge is 0.264 e. The standard InChI is InChI=1S/C34H34Cl2FN3O4S/c1-2-3-20-38-34(42)32(21-25-10-6-4-7-11-25)39(23-26-14-17-28(37)18-15-26)33(41)24-40(31-19-16-27(35)22-30(31)36)45(43,44)29-12-8-5-9-13-29/h4-19,22,32H,2-3,20-21,23-24H2,1H3,(H,38,42). The van der Waals surface area contributed by atoms with Gasteiger partial charge in [-0.05, 0) is 60.0 Å². The van der Waals surface area contributed by atoms with Crippen LogP contribution in [0.4, 0.5) is 10.1 Å². The number of sulfonamides is 1. The van der Waals surface area contributed by atoms with Crippen LogP contribution in [0.15, 0.2) is 108 Å². The summed E-state index contributed by atoms with van der Waals surface area (Å²) in [5.74, 6) is -1.49. The first-order chi connectivity index (χ1) is 21.6. The SMILES string of the molecule is CCCCNC(=O)C(Cc1ccccc1)N(Cc1ccc(F)cc1)C(=O)CN(c1ccc(Cl)cc1Cl)S(=O)(=O)c1ccccc1. The molecule has 0 aliphatic carbocycles. The zero-order chi connectivity index (χ0) is 32.4. The number of rotatable bonds is 14. The zero-order valence-electron chi connectivity index (χ0n) is 24.7. The highest BCUT2D eigenvalue weighted by Gasteiger charge is 2.35. The van der Waals surface area contributed by atoms with Gasteiger partial charge in [0.15, 0.2) is 0 Å². The molecule has 1 N–H and O–H groups in total. The largest absolute Gasteiger partial charge is 0.354 e. The van der Waals surface area contributed by atoms with Crippen molar-refractivity contribution in [3.05, 3.63) is 130 Å². The third-order valence-corrected chi connectivity index (χ3v) is 9.47. The number of amides is 2. The lowest BCUT2D eigenvalue weighted by atomic mass is 10.0. The molecule has 1 atom stereocenters. The van der Waals surface area contributed by atoms with Gasteiger partial charge in [0.2, 0.25) is 11.8 Å². The van der Waals surface area contributed by atoms with E-state index in [1.807, 2.05) is 37.3 Å². The number of halogens is 3. The number of carbonyl (C=O) groups is 2. The molecule has 0 aliphatic heterocycles. The second-order valence-electron chi connectivity index (χ2n) is 10.4. The Bertz CT molecular complexity index is 1690. The number of hydrogen-bond donors (Lipinski definition) is 1. The van der Waals surface area contributed by atoms with Gasteiger partial charge in [0.25, 0.3) is 10.0 Å². The summed E-state index contributed by atoms with van der Waals surface area (Å²) >= 11 is 12.6. The van der Waals surface area contributed by atoms with Crippen LogP contribution in [-0.4, -0.2) is 44.3 Å². The molecule has 7 nitrogen and oxygen atoms in total. The van der Waals surface area contributed by atoms with Gasteiger partial charge in [-0.3, -0.25) is 13.9 Å². The van der Waals surface area contributed by atoms with Crippen molar-refractivity contribution in [2.45, 2.75) is 43.7 Å². The van der Waals surface area contributed by atoms with E-state index in [4.69, 9.17) is 23.2 Å². The van der Waals surface area contributed by atoms with E-state index in [-0.39, 0.29) is 39.5 Å². The highest BCUT2D eigenvalue weighted by molar-refractivity contribution is 7.92. The van der Waals surface area contributed by atoms with Crippen molar-refractivity contribution in [1.82, 2.24) is 10.2 Å². The number of benzene rings is 4. The maximum absolute atomic E-state index is 14.4. The zero-order valence-corrected chi connectivity index (χ0v) is 27.0. The van der Waals surface area contributed by atoms with E-state index in [2.05, 4.69) is 5.32 Å². The molecule has 11 heteroatoms. The lowest BCUT2D eigenvalue weighted by Gasteiger charge is -2.34. The van der Waals surface area contributed by atoms with Crippen LogP contribution in [0.25, 0.3) is 0 Å². The number of carbonyl (C=O) groups excluding carboxylic acids is 2. The predicted molar refractivity (Wildman–Crippen MR) is 176 cm³/mol. The Labute approximate surface area is 273 Å². The van der Waals surface area contributed by atoms with E-state index < -0.39 is 34.3 Å². The van der Waals surface area contributed by atoms with Gasteiger partial charge >= 0.3 is 0 Å². The van der Waals surface area contributed by atoms with Crippen LogP contribution < -0.4 is 9.62 Å². The average Bonchev–Trinajstić information content (AvgIpc) is 3.03. The molecule has 4 aromatic rings. The minimum Gasteiger partial charge on any atom is -0.354 e. The van der Waals surface area contributed by atoms with Gasteiger partial charge in [0.1, 0.15) is 18.4 Å². The van der Waals surface area contributed by atoms with Gasteiger partial charge in [-0.1, -0.05) is 97.2 Å². The van der Waals surface area contributed by atoms with Crippen molar-refractivity contribution >= 4 is 50.7 Å². The maximum Gasteiger partial charge on any atom is 0.264 e. The maximum atomic E-state index is 14.4. The number of hydrogen-bond acceptors (Lipinski definition) is 4. The normalized spacial score (nSPS) is 11.9. The summed E-state index contributed by atoms with van der Waals surface area (Å²) < 4.78 is 42.8. The minimum absolute atomic E-state index is 0.0260. The highest BCUT2D eigenvalue weighted by Crippen LogP contribution is 2.33. The number of nitrogens with one attached hydrogen (secondary N) is 1. The fourth-order valence-corrected chi connectivity index (χ4v) is 6.78. The first-order valence-electron chi connectivity index (χ1n) is 14.5. The van der Waals surface area contributed by atoms with Gasteiger partial charge < -0.3 is 10.2 Å². The molecule has 1 unspecified atom stereocenters. The second-order valence-corrected chi connectivity index (χ2v) is 13.1. The van der Waals surface area contributed by atoms with E-state index >= 15 is 0 Å². The molecule has 2 amide bonds. The van der Waals surface area contributed by atoms with Gasteiger partial charge in [-0.25, -0.2) is 12.8 Å². The van der Waals surface area contributed by atoms with Crippen molar-refractivity contribution in [2.75, 3.05) is 17.4 Å². The Hall–Kier alpha value is -3.92. The summed E-state index contributed by atoms with van der Waals surface area (Å²) in [5.41, 5.74) is 1.41. The molecule has 0 saturated heterocycles. The molecule has 0 aliphatic rings. The molecular formula is C34H34Cl2FN3O4S. The quantitative estimate of drug-likeness (QED) is 0.148. The molecule has 0 heterocycles. The summed E-state index contributed by atoms with van der Waals surface area (Å²) in [4.78, 5) is 29.5. The van der Waals surface area contributed by atoms with Crippen molar-refractivity contribution < 1.29 is 22.4 Å². The van der Waals surface area contributed by atoms with Crippen LogP contribution in [0.5, 0.6) is 0 Å². The Morgan fingerprint density at radius 1 is 0.867 bits per heavy atom. The first-order valence-corrected chi connectivity index (χ1v) is 16.7. The molecule has 0 aromatic heterocycles. The topological polar surface area (TPSA) is 86.8 Å². The molecule has 45 heavy (non-hydrogen) atoms. The molecular weight excluding hydrogens is 636 g/mol. The molecule has 4 rings (SSSR count). The van der Waals surface area contributed by atoms with E-state index in [1.165, 1.54) is 59.5 Å². The Morgan fingerprint density at radius 3 is 2.13 bits per heavy atom. The highest BCUT2D eigenvalue weighted by atomic mass is 35.5. The Balaban J connectivity index is 1.80. The monoisotopic (exact) mass is 669 g/mol. The van der Waals surface area contributed by atoms with Gasteiger partial charge in [0.05, 0.1) is 15.6 Å². The lowest BCUT2D eigenvalue weighted by Crippen LogP contribution is -2.53. The van der Waals surface area contributed by atoms with Crippen LogP contribution >= 0.6 is 23.2 Å². The molecule has 0 spiro atoms. The third kappa shape index (κ3) is 9.06. The number of unbranched alkanes of at least 4 members (excludes halogenated alkanes) is 1. The average molecular weight is 671 g/mol. The minimum atomic E-state index is -4.31. The van der Waals surface area contributed by atoms with Crippen LogP contribution in [-0.2, 0) is 32.6 Å². The van der Waals surface area contributed by atoms with Crippen molar-refractivity contribution in [3.8, 4) is 0 Å². The number of nitrogens with zero attached hydrogens (tertiary/aromatic N) is 2. The Kier molecular flexibility index (Phi) is 12.0. The van der Waals surface area contributed by atoms with Crippen molar-refractivity contribution in [2.24, 2.45) is 0 Å². The van der Waals surface area contributed by atoms with Gasteiger partial charge in [-0.15, -0.1) is 0 Å². The summed E-state index contributed by atoms with van der Waals surface area (Å²) in [5, 5.41) is 3.24. The molecule has 0 radical (unpaired) electrons. The fraction of sp³-hybridized carbons (Fsp3) is 0.235. The first kappa shape index (κ1) is 34.0. The molecule has 0 fully saturated rings. The third-order valence-electron chi connectivity index (χ3n) is 7.16. The van der Waals surface area contributed by atoms with E-state index in [0.29, 0.717) is 12.1 Å². The summed E-state index contributed by atoms with van der Waals surface area (Å²) in [6.45, 7) is 1.66. The molecule has 0 bridgehead atoms. The fourth-order valence-electron chi connectivity index (χ4n) is 4.76. The van der Waals surface area contributed by atoms with Crippen molar-refractivity contribution in [3.63, 3.8) is 0 Å². The van der Waals surface area contributed by atoms with Crippen molar-refractivity contribution in [1.29, 1.82) is 0 Å². The van der Waals surface area contributed by atoms with Gasteiger partial charge in [0, 0.05) is 24.5 Å². The van der Waals surface area contributed by atoms with Crippen LogP contribution in [0, 0.1) is 5.82 Å². The van der Waals surface area contributed by atoms with Gasteiger partial charge in [-0.2, -0.15) is 0 Å². The van der Waals surface area contributed by atoms with Crippen LogP contribution in [0.1, 0.15) is 30.9 Å². The van der Waals surface area contributed by atoms with E-state index in [9.17, 15) is 22.4 Å². The van der Waals surface area contributed by atoms with E-state index in [0.717, 1.165) is 22.7 Å². The summed E-state index contributed by atoms with van der Waals surface area (Å²) in [7, 11) is -4.31. The van der Waals surface area contributed by atoms with Crippen LogP contribution in [0.3, 0.4) is 0 Å². The number of anilines is 1. The Morgan fingerprint density at radius 2 is 1.51 bits per heavy atom. The van der Waals surface area contributed by atoms with E-state index in [1.54, 1.807) is 18.2 Å². The summed E-state index contributed by atoms with van der Waals surface area (Å²) in [6, 6.07) is 25.8. The summed E-state index contributed by atoms with van der Waals surface area (Å²) in [6.07, 6.45) is 1.77. The molecule has 0 saturated carbocycles. The molecule has 236 valence electrons.